The van der Waals surface area contributed by atoms with E-state index in [4.69, 9.17) is 28.8 Å². The Kier molecular flexibility index (Phi) is 21.6. The van der Waals surface area contributed by atoms with Gasteiger partial charge in [0.25, 0.3) is 0 Å². The fraction of sp³-hybridized carbons (Fsp3) is 0.929. The average molecular weight is 370 g/mol. The molecule has 0 unspecified atom stereocenters. The Balaban J connectivity index is 0. The van der Waals surface area contributed by atoms with Gasteiger partial charge in [0, 0.05) is 31.6 Å². The molecule has 0 rings (SSSR count). The van der Waals surface area contributed by atoms with E-state index in [1.54, 1.807) is 0 Å². The molecule has 138 valence electrons. The van der Waals surface area contributed by atoms with Crippen molar-refractivity contribution in [3.05, 3.63) is 0 Å². The van der Waals surface area contributed by atoms with E-state index in [2.05, 4.69) is 10.1 Å². The van der Waals surface area contributed by atoms with Crippen molar-refractivity contribution in [3.8, 4) is 5.40 Å². The van der Waals surface area contributed by atoms with Crippen LogP contribution in [0.1, 0.15) is 27.2 Å². The number of aliphatic hydroxyl groups is 2. The number of aliphatic hydroxyl groups excluding tert-OH is 2. The normalized spacial score (nSPS) is 10.8. The molecule has 0 aliphatic rings. The third-order valence-corrected chi connectivity index (χ3v) is 6.13. The van der Waals surface area contributed by atoms with Gasteiger partial charge in [0.1, 0.15) is 5.40 Å². The molecule has 0 saturated carbocycles. The molecule has 0 saturated heterocycles. The lowest BCUT2D eigenvalue weighted by molar-refractivity contribution is 0.0650. The number of thioether (sulfide) groups is 1. The summed E-state index contributed by atoms with van der Waals surface area (Å²) < 4.78 is 21.7. The zero-order valence-electron chi connectivity index (χ0n) is 14.5. The van der Waals surface area contributed by atoms with Crippen LogP contribution in [0.3, 0.4) is 0 Å². The SMILES string of the molecule is CCO[Si](CCCSC#N)(OCC)OCC.OCCOCCO. The predicted octanol–water partition coefficient (Wildman–Crippen LogP) is 1.63. The van der Waals surface area contributed by atoms with Crippen LogP contribution in [0.5, 0.6) is 0 Å². The Hall–Kier alpha value is -0.183. The fourth-order valence-electron chi connectivity index (χ4n) is 1.64. The van der Waals surface area contributed by atoms with Crippen molar-refractivity contribution in [2.45, 2.75) is 33.2 Å². The second kappa shape index (κ2) is 19.9. The highest BCUT2D eigenvalue weighted by molar-refractivity contribution is 8.03. The highest BCUT2D eigenvalue weighted by atomic mass is 32.2. The summed E-state index contributed by atoms with van der Waals surface area (Å²) in [4.78, 5) is 0. The van der Waals surface area contributed by atoms with Crippen molar-refractivity contribution in [2.75, 3.05) is 52.0 Å². The topological polar surface area (TPSA) is 101 Å². The van der Waals surface area contributed by atoms with Crippen molar-refractivity contribution in [3.63, 3.8) is 0 Å². The maximum Gasteiger partial charge on any atom is 0.500 e. The largest absolute Gasteiger partial charge is 0.500 e. The van der Waals surface area contributed by atoms with Gasteiger partial charge in [0.2, 0.25) is 0 Å². The molecule has 0 atom stereocenters. The molecule has 0 amide bonds. The number of nitrogens with zero attached hydrogens (tertiary/aromatic N) is 1. The van der Waals surface area contributed by atoms with Gasteiger partial charge in [-0.05, 0) is 39.0 Å². The van der Waals surface area contributed by atoms with Crippen molar-refractivity contribution >= 4 is 20.6 Å². The van der Waals surface area contributed by atoms with Crippen molar-refractivity contribution in [1.29, 1.82) is 5.26 Å². The van der Waals surface area contributed by atoms with Gasteiger partial charge in [0.15, 0.2) is 0 Å². The number of ether oxygens (including phenoxy) is 1. The van der Waals surface area contributed by atoms with E-state index < -0.39 is 8.80 Å². The number of rotatable bonds is 14. The first-order valence-electron chi connectivity index (χ1n) is 7.88. The zero-order chi connectivity index (χ0) is 17.8. The Morgan fingerprint density at radius 2 is 1.43 bits per heavy atom. The summed E-state index contributed by atoms with van der Waals surface area (Å²) in [7, 11) is -2.47. The van der Waals surface area contributed by atoms with Crippen LogP contribution in [0.2, 0.25) is 6.04 Å². The molecule has 0 aromatic heterocycles. The number of hydrogen-bond donors (Lipinski definition) is 2. The van der Waals surface area contributed by atoms with E-state index in [0.717, 1.165) is 18.2 Å². The Morgan fingerprint density at radius 3 is 1.78 bits per heavy atom. The Morgan fingerprint density at radius 1 is 0.957 bits per heavy atom. The molecular formula is C14H31NO6SSi. The van der Waals surface area contributed by atoms with Gasteiger partial charge < -0.3 is 28.2 Å². The highest BCUT2D eigenvalue weighted by Gasteiger charge is 2.39. The highest BCUT2D eigenvalue weighted by Crippen LogP contribution is 2.19. The van der Waals surface area contributed by atoms with Gasteiger partial charge in [-0.15, -0.1) is 0 Å². The van der Waals surface area contributed by atoms with Crippen molar-refractivity contribution in [2.24, 2.45) is 0 Å². The van der Waals surface area contributed by atoms with Crippen molar-refractivity contribution in [1.82, 2.24) is 0 Å². The lowest BCUT2D eigenvalue weighted by Crippen LogP contribution is -2.46. The van der Waals surface area contributed by atoms with Gasteiger partial charge in [-0.25, -0.2) is 0 Å². The molecule has 0 spiro atoms. The molecule has 23 heavy (non-hydrogen) atoms. The van der Waals surface area contributed by atoms with Crippen LogP contribution in [0.15, 0.2) is 0 Å². The molecular weight excluding hydrogens is 338 g/mol. The molecule has 7 nitrogen and oxygen atoms in total. The molecule has 0 aromatic rings. The Labute approximate surface area is 145 Å². The Bertz CT molecular complexity index is 259. The van der Waals surface area contributed by atoms with Crippen LogP contribution in [0, 0.1) is 10.7 Å². The summed E-state index contributed by atoms with van der Waals surface area (Å²) in [5.74, 6) is 0.804. The molecule has 0 radical (unpaired) electrons. The maximum absolute atomic E-state index is 8.44. The lowest BCUT2D eigenvalue weighted by atomic mass is 10.6. The summed E-state index contributed by atoms with van der Waals surface area (Å²) >= 11 is 1.26. The first-order chi connectivity index (χ1) is 11.2. The van der Waals surface area contributed by atoms with Crippen LogP contribution in [-0.4, -0.2) is 71.0 Å². The maximum atomic E-state index is 8.44. The summed E-state index contributed by atoms with van der Waals surface area (Å²) in [6.07, 6.45) is 0.893. The monoisotopic (exact) mass is 369 g/mol. The molecule has 0 heterocycles. The standard InChI is InChI=1S/C10H21NO3SSi.C4H10O3/c1-4-12-16(13-5-2,14-6-3)9-7-8-15-10-11;5-1-3-7-4-2-6/h4-9H2,1-3H3;5-6H,1-4H2. The first kappa shape index (κ1) is 25.1. The summed E-state index contributed by atoms with van der Waals surface area (Å²) in [6, 6.07) is 0.789. The molecule has 0 aliphatic heterocycles. The van der Waals surface area contributed by atoms with Gasteiger partial charge in [-0.3, -0.25) is 0 Å². The van der Waals surface area contributed by atoms with Gasteiger partial charge in [0.05, 0.1) is 26.4 Å². The van der Waals surface area contributed by atoms with Gasteiger partial charge in [-0.1, -0.05) is 0 Å². The summed E-state index contributed by atoms with van der Waals surface area (Å²) in [5.41, 5.74) is 0. The molecule has 0 aromatic carbocycles. The van der Waals surface area contributed by atoms with E-state index in [1.807, 2.05) is 20.8 Å². The number of hydrogen-bond acceptors (Lipinski definition) is 8. The minimum absolute atomic E-state index is 0.0278. The van der Waals surface area contributed by atoms with Crippen LogP contribution in [-0.2, 0) is 18.0 Å². The van der Waals surface area contributed by atoms with Gasteiger partial charge >= 0.3 is 8.80 Å². The van der Waals surface area contributed by atoms with Crippen molar-refractivity contribution < 1.29 is 28.2 Å². The third-order valence-electron chi connectivity index (χ3n) is 2.36. The summed E-state index contributed by atoms with van der Waals surface area (Å²) in [6.45, 7) is 8.37. The minimum Gasteiger partial charge on any atom is -0.394 e. The zero-order valence-corrected chi connectivity index (χ0v) is 16.3. The van der Waals surface area contributed by atoms with E-state index in [-0.39, 0.29) is 13.2 Å². The van der Waals surface area contributed by atoms with E-state index in [1.165, 1.54) is 11.8 Å². The number of nitriles is 1. The molecule has 9 heteroatoms. The lowest BCUT2D eigenvalue weighted by Gasteiger charge is -2.28. The molecule has 2 N–H and O–H groups in total. The molecule has 0 aliphatic carbocycles. The third kappa shape index (κ3) is 16.5. The molecule has 0 fully saturated rings. The van der Waals surface area contributed by atoms with Crippen LogP contribution in [0.4, 0.5) is 0 Å². The first-order valence-corrected chi connectivity index (χ1v) is 10.8. The minimum atomic E-state index is -2.47. The van der Waals surface area contributed by atoms with Crippen LogP contribution >= 0.6 is 11.8 Å². The fourth-order valence-corrected chi connectivity index (χ4v) is 4.89. The van der Waals surface area contributed by atoms with Crippen LogP contribution in [0.25, 0.3) is 0 Å². The van der Waals surface area contributed by atoms with E-state index in [0.29, 0.717) is 33.0 Å². The number of thiocyanates is 1. The predicted molar refractivity (Wildman–Crippen MR) is 93.1 cm³/mol. The second-order valence-electron chi connectivity index (χ2n) is 4.08. The van der Waals surface area contributed by atoms with Crippen LogP contribution < -0.4 is 0 Å². The molecule has 0 bridgehead atoms. The quantitative estimate of drug-likeness (QED) is 0.271. The second-order valence-corrected chi connectivity index (χ2v) is 7.70. The smallest absolute Gasteiger partial charge is 0.394 e. The van der Waals surface area contributed by atoms with E-state index in [9.17, 15) is 0 Å². The average Bonchev–Trinajstić information content (AvgIpc) is 2.54. The van der Waals surface area contributed by atoms with Gasteiger partial charge in [-0.2, -0.15) is 5.26 Å². The summed E-state index contributed by atoms with van der Waals surface area (Å²) in [5, 5.41) is 26.7. The van der Waals surface area contributed by atoms with E-state index >= 15 is 0 Å².